The van der Waals surface area contributed by atoms with Gasteiger partial charge in [0.2, 0.25) is 5.91 Å². The zero-order chi connectivity index (χ0) is 28.2. The standard InChI is InChI=1S/C30H31N7O3/c1-17-10-20(21-14-31-19(3)32-15-21)11-23-28(18(2)38)35-36(29(17)23)16-27(40)37-24(12-30(4)13-26(30)37)25(39)8-7-22-6-5-9-33-34-22/h5-6,9-11,14-15,24,26H,7-8,12-13,16H2,1-4H3/t24-,26+,30-/m0/s1. The molecule has 3 aromatic heterocycles. The predicted octanol–water partition coefficient (Wildman–Crippen LogP) is 3.68. The maximum Gasteiger partial charge on any atom is 0.245 e. The van der Waals surface area contributed by atoms with E-state index in [0.717, 1.165) is 34.3 Å². The van der Waals surface area contributed by atoms with Crippen molar-refractivity contribution >= 4 is 28.4 Å². The first-order valence-corrected chi connectivity index (χ1v) is 13.6. The molecule has 0 bridgehead atoms. The number of aromatic nitrogens is 6. The Bertz CT molecular complexity index is 1650. The number of amides is 1. The molecule has 0 N–H and O–H groups in total. The van der Waals surface area contributed by atoms with Gasteiger partial charge >= 0.3 is 0 Å². The Balaban J connectivity index is 1.29. The number of ketones is 2. The molecule has 6 rings (SSSR count). The molecule has 1 saturated heterocycles. The average molecular weight is 538 g/mol. The first-order valence-electron chi connectivity index (χ1n) is 13.6. The summed E-state index contributed by atoms with van der Waals surface area (Å²) in [6, 6.07) is 7.15. The van der Waals surface area contributed by atoms with Crippen molar-refractivity contribution in [1.82, 2.24) is 34.8 Å². The number of hydrogen-bond donors (Lipinski definition) is 0. The molecule has 204 valence electrons. The Morgan fingerprint density at radius 1 is 1.07 bits per heavy atom. The van der Waals surface area contributed by atoms with Gasteiger partial charge in [-0.1, -0.05) is 6.92 Å². The molecule has 3 atom stereocenters. The van der Waals surface area contributed by atoms with E-state index in [4.69, 9.17) is 0 Å². The fourth-order valence-corrected chi connectivity index (χ4v) is 6.11. The number of likely N-dealkylation sites (tertiary alicyclic amines) is 1. The second-order valence-corrected chi connectivity index (χ2v) is 11.3. The Labute approximate surface area is 231 Å². The minimum Gasteiger partial charge on any atom is -0.327 e. The van der Waals surface area contributed by atoms with Crippen LogP contribution in [-0.2, 0) is 22.6 Å². The van der Waals surface area contributed by atoms with E-state index in [2.05, 4.69) is 32.2 Å². The number of carbonyl (C=O) groups excluding carboxylic acids is 3. The highest BCUT2D eigenvalue weighted by molar-refractivity contribution is 6.07. The molecule has 0 radical (unpaired) electrons. The monoisotopic (exact) mass is 537 g/mol. The van der Waals surface area contributed by atoms with Crippen LogP contribution in [0.5, 0.6) is 0 Å². The largest absolute Gasteiger partial charge is 0.327 e. The van der Waals surface area contributed by atoms with Crippen LogP contribution in [0.3, 0.4) is 0 Å². The molecule has 2 aliphatic rings. The third-order valence-electron chi connectivity index (χ3n) is 8.32. The van der Waals surface area contributed by atoms with E-state index in [1.807, 2.05) is 32.0 Å². The zero-order valence-corrected chi connectivity index (χ0v) is 23.1. The van der Waals surface area contributed by atoms with Crippen LogP contribution >= 0.6 is 0 Å². The van der Waals surface area contributed by atoms with Crippen molar-refractivity contribution in [2.45, 2.75) is 72.0 Å². The Hall–Kier alpha value is -4.34. The van der Waals surface area contributed by atoms with Gasteiger partial charge in [-0.05, 0) is 73.9 Å². The average Bonchev–Trinajstić information content (AvgIpc) is 3.29. The number of carbonyl (C=O) groups is 3. The number of rotatable bonds is 8. The quantitative estimate of drug-likeness (QED) is 0.312. The first kappa shape index (κ1) is 25.9. The summed E-state index contributed by atoms with van der Waals surface area (Å²) in [5.74, 6) is 0.389. The molecule has 0 unspecified atom stereocenters. The Morgan fingerprint density at radius 3 is 2.55 bits per heavy atom. The SMILES string of the molecule is CC(=O)c1nn(CC(=O)N2[C@H](C(=O)CCc3cccnn3)C[C@@]3(C)C[C@@H]23)c2c(C)cc(-c3cnc(C)nc3)cc12. The second kappa shape index (κ2) is 9.69. The van der Waals surface area contributed by atoms with Gasteiger partial charge in [0.1, 0.15) is 18.1 Å². The van der Waals surface area contributed by atoms with Crippen LogP contribution in [0.1, 0.15) is 60.7 Å². The molecule has 1 aromatic carbocycles. The van der Waals surface area contributed by atoms with Gasteiger partial charge in [-0.2, -0.15) is 15.3 Å². The van der Waals surface area contributed by atoms with Crippen molar-refractivity contribution in [3.8, 4) is 11.1 Å². The summed E-state index contributed by atoms with van der Waals surface area (Å²) >= 11 is 0. The zero-order valence-electron chi connectivity index (χ0n) is 23.1. The molecule has 1 aliphatic heterocycles. The van der Waals surface area contributed by atoms with E-state index in [1.165, 1.54) is 6.92 Å². The van der Waals surface area contributed by atoms with Crippen LogP contribution in [0.4, 0.5) is 0 Å². The number of aryl methyl sites for hydroxylation is 3. The molecule has 4 aromatic rings. The van der Waals surface area contributed by atoms with Crippen LogP contribution in [0.25, 0.3) is 22.0 Å². The maximum absolute atomic E-state index is 13.8. The van der Waals surface area contributed by atoms with Crippen molar-refractivity contribution < 1.29 is 14.4 Å². The van der Waals surface area contributed by atoms with Crippen molar-refractivity contribution in [3.05, 3.63) is 65.6 Å². The molecule has 1 amide bonds. The molecule has 10 nitrogen and oxygen atoms in total. The van der Waals surface area contributed by atoms with Crippen LogP contribution < -0.4 is 0 Å². The molecule has 1 saturated carbocycles. The molecule has 40 heavy (non-hydrogen) atoms. The number of Topliss-reactive ketones (excluding diaryl/α,β-unsaturated/α-hetero) is 2. The number of piperidine rings is 1. The topological polar surface area (TPSA) is 124 Å². The Morgan fingerprint density at radius 2 is 1.85 bits per heavy atom. The summed E-state index contributed by atoms with van der Waals surface area (Å²) in [6.45, 7) is 7.35. The van der Waals surface area contributed by atoms with Crippen molar-refractivity contribution in [3.63, 3.8) is 0 Å². The number of nitrogens with zero attached hydrogens (tertiary/aromatic N) is 7. The summed E-state index contributed by atoms with van der Waals surface area (Å²) in [6.07, 6.45) is 7.48. The van der Waals surface area contributed by atoms with Gasteiger partial charge in [0.05, 0.1) is 17.3 Å². The van der Waals surface area contributed by atoms with Crippen LogP contribution in [-0.4, -0.2) is 64.4 Å². The van der Waals surface area contributed by atoms with Crippen LogP contribution in [0.15, 0.2) is 42.9 Å². The van der Waals surface area contributed by atoms with E-state index in [-0.39, 0.29) is 35.5 Å². The van der Waals surface area contributed by atoms with E-state index in [9.17, 15) is 14.4 Å². The summed E-state index contributed by atoms with van der Waals surface area (Å²) < 4.78 is 1.62. The highest BCUT2D eigenvalue weighted by Gasteiger charge is 2.64. The molecular formula is C30H31N7O3. The summed E-state index contributed by atoms with van der Waals surface area (Å²) in [5, 5.41) is 13.3. The van der Waals surface area contributed by atoms with Crippen molar-refractivity contribution in [2.75, 3.05) is 0 Å². The highest BCUT2D eigenvalue weighted by Crippen LogP contribution is 2.59. The lowest BCUT2D eigenvalue weighted by atomic mass is 9.96. The first-order chi connectivity index (χ1) is 19.1. The molecular weight excluding hydrogens is 506 g/mol. The Kier molecular flexibility index (Phi) is 6.28. The van der Waals surface area contributed by atoms with E-state index < -0.39 is 6.04 Å². The summed E-state index contributed by atoms with van der Waals surface area (Å²) in [7, 11) is 0. The number of fused-ring (bicyclic) bond motifs is 2. The smallest absolute Gasteiger partial charge is 0.245 e. The fraction of sp³-hybridized carbons (Fsp3) is 0.400. The maximum atomic E-state index is 13.8. The van der Waals surface area contributed by atoms with Gasteiger partial charge in [0.25, 0.3) is 0 Å². The normalized spacial score (nSPS) is 21.4. The third kappa shape index (κ3) is 4.57. The summed E-state index contributed by atoms with van der Waals surface area (Å²) in [5.41, 5.74) is 4.38. The lowest BCUT2D eigenvalue weighted by Gasteiger charge is -2.27. The van der Waals surface area contributed by atoms with Crippen LogP contribution in [0, 0.1) is 19.3 Å². The lowest BCUT2D eigenvalue weighted by Crippen LogP contribution is -2.44. The van der Waals surface area contributed by atoms with Gasteiger partial charge < -0.3 is 4.90 Å². The molecule has 2 fully saturated rings. The van der Waals surface area contributed by atoms with Gasteiger partial charge in [0.15, 0.2) is 11.6 Å². The molecule has 1 aliphatic carbocycles. The van der Waals surface area contributed by atoms with E-state index in [0.29, 0.717) is 36.2 Å². The van der Waals surface area contributed by atoms with Gasteiger partial charge in [-0.15, -0.1) is 0 Å². The minimum atomic E-state index is -0.462. The van der Waals surface area contributed by atoms with Crippen molar-refractivity contribution in [2.24, 2.45) is 5.41 Å². The van der Waals surface area contributed by atoms with Gasteiger partial charge in [0, 0.05) is 48.9 Å². The van der Waals surface area contributed by atoms with E-state index in [1.54, 1.807) is 34.2 Å². The number of hydrogen-bond acceptors (Lipinski definition) is 8. The van der Waals surface area contributed by atoms with Gasteiger partial charge in [-0.25, -0.2) is 9.97 Å². The predicted molar refractivity (Wildman–Crippen MR) is 147 cm³/mol. The minimum absolute atomic E-state index is 0.0276. The highest BCUT2D eigenvalue weighted by atomic mass is 16.2. The van der Waals surface area contributed by atoms with Crippen molar-refractivity contribution in [1.29, 1.82) is 0 Å². The summed E-state index contributed by atoms with van der Waals surface area (Å²) in [4.78, 5) is 50.1. The lowest BCUT2D eigenvalue weighted by molar-refractivity contribution is -0.139. The van der Waals surface area contributed by atoms with Crippen LogP contribution in [0.2, 0.25) is 0 Å². The van der Waals surface area contributed by atoms with E-state index >= 15 is 0 Å². The second-order valence-electron chi connectivity index (χ2n) is 11.3. The third-order valence-corrected chi connectivity index (χ3v) is 8.32. The molecule has 4 heterocycles. The number of benzene rings is 1. The molecule has 0 spiro atoms. The molecule has 10 heteroatoms. The van der Waals surface area contributed by atoms with Gasteiger partial charge in [-0.3, -0.25) is 19.1 Å². The fourth-order valence-electron chi connectivity index (χ4n) is 6.11.